The second-order valence-electron chi connectivity index (χ2n) is 2.91. The first-order valence-electron chi connectivity index (χ1n) is 3.85. The zero-order valence-corrected chi connectivity index (χ0v) is 7.34. The van der Waals surface area contributed by atoms with E-state index in [0.29, 0.717) is 11.1 Å². The van der Waals surface area contributed by atoms with Gasteiger partial charge >= 0.3 is 5.69 Å². The van der Waals surface area contributed by atoms with Crippen LogP contribution in [0.4, 0.5) is 5.82 Å². The van der Waals surface area contributed by atoms with E-state index in [2.05, 4.69) is 9.97 Å². The molecule has 0 aliphatic heterocycles. The fourth-order valence-corrected chi connectivity index (χ4v) is 1.31. The first kappa shape index (κ1) is 7.85. The average Bonchev–Trinajstić information content (AvgIpc) is 2.27. The van der Waals surface area contributed by atoms with Gasteiger partial charge in [-0.2, -0.15) is 4.98 Å². The molecule has 68 valence electrons. The van der Waals surface area contributed by atoms with E-state index in [9.17, 15) is 4.79 Å². The highest BCUT2D eigenvalue weighted by Crippen LogP contribution is 2.24. The van der Waals surface area contributed by atoms with Gasteiger partial charge in [0.1, 0.15) is 11.6 Å². The monoisotopic (exact) mass is 179 g/mol. The summed E-state index contributed by atoms with van der Waals surface area (Å²) in [5.74, 6) is 0.957. The lowest BCUT2D eigenvalue weighted by molar-refractivity contribution is 0.562. The van der Waals surface area contributed by atoms with E-state index >= 15 is 0 Å². The number of nitrogens with two attached hydrogens (primary N) is 1. The number of aryl methyl sites for hydroxylation is 2. The minimum atomic E-state index is -0.487. The number of nitrogens with one attached hydrogen (secondary N) is 1. The van der Waals surface area contributed by atoms with Gasteiger partial charge in [0.15, 0.2) is 0 Å². The molecule has 2 aromatic rings. The van der Waals surface area contributed by atoms with Crippen LogP contribution in [0.5, 0.6) is 0 Å². The van der Waals surface area contributed by atoms with Crippen molar-refractivity contribution >= 4 is 16.9 Å². The summed E-state index contributed by atoms with van der Waals surface area (Å²) in [5.41, 5.74) is 6.40. The molecule has 0 atom stereocenters. The van der Waals surface area contributed by atoms with Crippen molar-refractivity contribution in [2.45, 2.75) is 13.8 Å². The van der Waals surface area contributed by atoms with Gasteiger partial charge in [0.05, 0.1) is 5.39 Å². The third-order valence-electron chi connectivity index (χ3n) is 2.08. The molecule has 2 aromatic heterocycles. The number of hydrogen-bond donors (Lipinski definition) is 2. The van der Waals surface area contributed by atoms with Crippen LogP contribution in [-0.4, -0.2) is 9.97 Å². The van der Waals surface area contributed by atoms with Crippen LogP contribution >= 0.6 is 0 Å². The average molecular weight is 179 g/mol. The second-order valence-corrected chi connectivity index (χ2v) is 2.91. The summed E-state index contributed by atoms with van der Waals surface area (Å²) < 4.78 is 5.28. The minimum absolute atomic E-state index is 0.216. The van der Waals surface area contributed by atoms with E-state index in [1.54, 1.807) is 0 Å². The number of rotatable bonds is 0. The minimum Gasteiger partial charge on any atom is -0.444 e. The smallest absolute Gasteiger partial charge is 0.349 e. The van der Waals surface area contributed by atoms with Crippen molar-refractivity contribution in [1.29, 1.82) is 0 Å². The Hall–Kier alpha value is -1.78. The maximum Gasteiger partial charge on any atom is 0.349 e. The van der Waals surface area contributed by atoms with Gasteiger partial charge in [-0.05, 0) is 13.8 Å². The Bertz CT molecular complexity index is 524. The van der Waals surface area contributed by atoms with Gasteiger partial charge < -0.3 is 10.2 Å². The Labute approximate surface area is 73.6 Å². The Morgan fingerprint density at radius 1 is 1.46 bits per heavy atom. The first-order valence-corrected chi connectivity index (χ1v) is 3.85. The Morgan fingerprint density at radius 2 is 2.15 bits per heavy atom. The number of fused-ring (bicyclic) bond motifs is 1. The normalized spacial score (nSPS) is 10.9. The summed E-state index contributed by atoms with van der Waals surface area (Å²) in [6.07, 6.45) is 0. The predicted molar refractivity (Wildman–Crippen MR) is 48.5 cm³/mol. The van der Waals surface area contributed by atoms with Gasteiger partial charge in [0, 0.05) is 5.56 Å². The third kappa shape index (κ3) is 1.00. The molecular formula is C8H9N3O2. The van der Waals surface area contributed by atoms with E-state index in [1.165, 1.54) is 0 Å². The maximum atomic E-state index is 10.9. The number of aromatic amines is 1. The number of H-pyrrole nitrogens is 1. The molecule has 0 fully saturated rings. The lowest BCUT2D eigenvalue weighted by Crippen LogP contribution is -2.11. The van der Waals surface area contributed by atoms with Crippen molar-refractivity contribution in [3.05, 3.63) is 21.8 Å². The zero-order valence-electron chi connectivity index (χ0n) is 7.34. The highest BCUT2D eigenvalue weighted by molar-refractivity contribution is 5.88. The second kappa shape index (κ2) is 2.35. The van der Waals surface area contributed by atoms with Crippen LogP contribution in [0.15, 0.2) is 9.21 Å². The molecule has 0 aliphatic carbocycles. The van der Waals surface area contributed by atoms with Gasteiger partial charge in [-0.15, -0.1) is 0 Å². The molecule has 13 heavy (non-hydrogen) atoms. The van der Waals surface area contributed by atoms with Crippen molar-refractivity contribution in [2.75, 3.05) is 5.73 Å². The summed E-state index contributed by atoms with van der Waals surface area (Å²) in [5, 5.41) is 0.692. The van der Waals surface area contributed by atoms with Gasteiger partial charge in [0.2, 0.25) is 5.71 Å². The van der Waals surface area contributed by atoms with E-state index < -0.39 is 5.69 Å². The van der Waals surface area contributed by atoms with E-state index in [1.807, 2.05) is 13.8 Å². The van der Waals surface area contributed by atoms with Gasteiger partial charge in [-0.3, -0.25) is 4.98 Å². The molecule has 0 spiro atoms. The molecular weight excluding hydrogens is 170 g/mol. The van der Waals surface area contributed by atoms with Crippen molar-refractivity contribution in [1.82, 2.24) is 9.97 Å². The van der Waals surface area contributed by atoms with E-state index in [4.69, 9.17) is 10.2 Å². The summed E-state index contributed by atoms with van der Waals surface area (Å²) in [6.45, 7) is 3.69. The van der Waals surface area contributed by atoms with E-state index in [-0.39, 0.29) is 5.82 Å². The molecule has 0 radical (unpaired) electrons. The summed E-state index contributed by atoms with van der Waals surface area (Å²) >= 11 is 0. The molecule has 3 N–H and O–H groups in total. The highest BCUT2D eigenvalue weighted by Gasteiger charge is 2.11. The first-order chi connectivity index (χ1) is 6.09. The molecule has 0 bridgehead atoms. The molecule has 0 saturated heterocycles. The largest absolute Gasteiger partial charge is 0.444 e. The van der Waals surface area contributed by atoms with Crippen LogP contribution in [0, 0.1) is 13.8 Å². The van der Waals surface area contributed by atoms with Gasteiger partial charge in [-0.1, -0.05) is 0 Å². The van der Waals surface area contributed by atoms with Gasteiger partial charge in [-0.25, -0.2) is 4.79 Å². The predicted octanol–water partition coefficient (Wildman–Crippen LogP) is 0.715. The van der Waals surface area contributed by atoms with Crippen LogP contribution in [0.2, 0.25) is 0 Å². The third-order valence-corrected chi connectivity index (χ3v) is 2.08. The topological polar surface area (TPSA) is 84.9 Å². The maximum absolute atomic E-state index is 10.9. The zero-order chi connectivity index (χ0) is 9.59. The van der Waals surface area contributed by atoms with Crippen LogP contribution in [0.3, 0.4) is 0 Å². The number of aromatic nitrogens is 2. The van der Waals surface area contributed by atoms with Crippen molar-refractivity contribution in [2.24, 2.45) is 0 Å². The quantitative estimate of drug-likeness (QED) is 0.623. The summed E-state index contributed by atoms with van der Waals surface area (Å²) in [6, 6.07) is 0. The number of furan rings is 1. The number of anilines is 1. The highest BCUT2D eigenvalue weighted by atomic mass is 16.3. The van der Waals surface area contributed by atoms with Crippen LogP contribution in [-0.2, 0) is 0 Å². The van der Waals surface area contributed by atoms with Gasteiger partial charge in [0.25, 0.3) is 0 Å². The molecule has 2 heterocycles. The summed E-state index contributed by atoms with van der Waals surface area (Å²) in [4.78, 5) is 17.0. The Morgan fingerprint density at radius 3 is 2.85 bits per heavy atom. The van der Waals surface area contributed by atoms with Crippen LogP contribution in [0.1, 0.15) is 11.3 Å². The van der Waals surface area contributed by atoms with Crippen LogP contribution < -0.4 is 11.4 Å². The Kier molecular flexibility index (Phi) is 1.42. The standard InChI is InChI=1S/C8H9N3O2/c1-3-4(2)13-7-5(3)6(9)10-8(12)11-7/h1-2H3,(H3,9,10,11,12). The fraction of sp³-hybridized carbons (Fsp3) is 0.250. The molecule has 5 heteroatoms. The number of hydrogen-bond acceptors (Lipinski definition) is 4. The molecule has 0 aromatic carbocycles. The number of nitrogen functional groups attached to an aromatic ring is 1. The lowest BCUT2D eigenvalue weighted by Gasteiger charge is -1.92. The molecule has 0 aliphatic rings. The van der Waals surface area contributed by atoms with Crippen molar-refractivity contribution < 1.29 is 4.42 Å². The van der Waals surface area contributed by atoms with E-state index in [0.717, 1.165) is 11.3 Å². The molecule has 5 nitrogen and oxygen atoms in total. The SMILES string of the molecule is Cc1oc2[nH]c(=O)nc(N)c2c1C. The van der Waals surface area contributed by atoms with Crippen LogP contribution in [0.25, 0.3) is 11.1 Å². The Balaban J connectivity index is 3.03. The van der Waals surface area contributed by atoms with Crippen molar-refractivity contribution in [3.63, 3.8) is 0 Å². The fourth-order valence-electron chi connectivity index (χ4n) is 1.31. The lowest BCUT2D eigenvalue weighted by atomic mass is 10.2. The summed E-state index contributed by atoms with van der Waals surface area (Å²) in [7, 11) is 0. The molecule has 2 rings (SSSR count). The molecule has 0 amide bonds. The molecule has 0 saturated carbocycles. The molecule has 0 unspecified atom stereocenters. The number of nitrogens with zero attached hydrogens (tertiary/aromatic N) is 1. The van der Waals surface area contributed by atoms with Crippen molar-refractivity contribution in [3.8, 4) is 0 Å².